The first-order valence-electron chi connectivity index (χ1n) is 6.65. The zero-order valence-electron chi connectivity index (χ0n) is 11.3. The number of rotatable bonds is 6. The smallest absolute Gasteiger partial charge is 0.150 e. The predicted molar refractivity (Wildman–Crippen MR) is 73.9 cm³/mol. The third kappa shape index (κ3) is 3.30. The molecule has 0 radical (unpaired) electrons. The van der Waals surface area contributed by atoms with Crippen LogP contribution in [0.1, 0.15) is 33.1 Å². The van der Waals surface area contributed by atoms with Gasteiger partial charge in [0.25, 0.3) is 0 Å². The number of hydrogen-bond donors (Lipinski definition) is 1. The molecule has 2 aromatic rings. The molecule has 0 spiro atoms. The van der Waals surface area contributed by atoms with Crippen LogP contribution in [-0.2, 0) is 0 Å². The zero-order valence-corrected chi connectivity index (χ0v) is 11.3. The molecule has 1 aromatic heterocycles. The van der Waals surface area contributed by atoms with E-state index in [0.29, 0.717) is 11.7 Å². The van der Waals surface area contributed by atoms with Crippen molar-refractivity contribution in [1.29, 1.82) is 0 Å². The largest absolute Gasteiger partial charge is 0.382 e. The summed E-state index contributed by atoms with van der Waals surface area (Å²) in [6.45, 7) is 4.28. The second-order valence-corrected chi connectivity index (χ2v) is 4.54. The Hall–Kier alpha value is -1.91. The van der Waals surface area contributed by atoms with Crippen molar-refractivity contribution < 1.29 is 4.39 Å². The number of benzene rings is 1. The number of anilines is 1. The van der Waals surface area contributed by atoms with E-state index >= 15 is 0 Å². The Labute approximate surface area is 112 Å². The molecule has 0 bridgehead atoms. The molecule has 0 aliphatic carbocycles. The van der Waals surface area contributed by atoms with Gasteiger partial charge in [-0.25, -0.2) is 14.1 Å². The Balaban J connectivity index is 2.15. The summed E-state index contributed by atoms with van der Waals surface area (Å²) in [6, 6.07) is 5.49. The maximum Gasteiger partial charge on any atom is 0.150 e. The van der Waals surface area contributed by atoms with Gasteiger partial charge in [-0.05, 0) is 31.0 Å². The highest BCUT2D eigenvalue weighted by Crippen LogP contribution is 2.19. The standard InChI is InChI=1S/C14H19FN4/c1-3-5-11(4-2)18-12-6-7-14(13(15)8-12)19-10-16-9-17-19/h6-11,18H,3-5H2,1-2H3. The number of hydrogen-bond acceptors (Lipinski definition) is 3. The van der Waals surface area contributed by atoms with E-state index in [4.69, 9.17) is 0 Å². The lowest BCUT2D eigenvalue weighted by atomic mass is 10.1. The van der Waals surface area contributed by atoms with Crippen molar-refractivity contribution in [2.24, 2.45) is 0 Å². The van der Waals surface area contributed by atoms with Crippen LogP contribution in [0.5, 0.6) is 0 Å². The minimum atomic E-state index is -0.304. The van der Waals surface area contributed by atoms with Gasteiger partial charge in [-0.15, -0.1) is 0 Å². The molecular weight excluding hydrogens is 243 g/mol. The fourth-order valence-corrected chi connectivity index (χ4v) is 2.08. The van der Waals surface area contributed by atoms with Crippen LogP contribution >= 0.6 is 0 Å². The summed E-state index contributed by atoms with van der Waals surface area (Å²) in [7, 11) is 0. The molecule has 4 nitrogen and oxygen atoms in total. The third-order valence-corrected chi connectivity index (χ3v) is 3.11. The van der Waals surface area contributed by atoms with E-state index in [1.165, 1.54) is 23.4 Å². The van der Waals surface area contributed by atoms with Gasteiger partial charge in [0.15, 0.2) is 5.82 Å². The van der Waals surface area contributed by atoms with Crippen molar-refractivity contribution in [3.63, 3.8) is 0 Å². The zero-order chi connectivity index (χ0) is 13.7. The van der Waals surface area contributed by atoms with Crippen molar-refractivity contribution in [2.45, 2.75) is 39.2 Å². The molecule has 19 heavy (non-hydrogen) atoms. The van der Waals surface area contributed by atoms with Gasteiger partial charge < -0.3 is 5.32 Å². The van der Waals surface area contributed by atoms with E-state index in [1.54, 1.807) is 6.07 Å². The van der Waals surface area contributed by atoms with Crippen LogP contribution in [0.3, 0.4) is 0 Å². The molecule has 1 unspecified atom stereocenters. The highest BCUT2D eigenvalue weighted by atomic mass is 19.1. The predicted octanol–water partition coefficient (Wildman–Crippen LogP) is 3.40. The molecule has 2 rings (SSSR count). The summed E-state index contributed by atoms with van der Waals surface area (Å²) in [6.07, 6.45) is 6.10. The molecular formula is C14H19FN4. The summed E-state index contributed by atoms with van der Waals surface area (Å²) < 4.78 is 15.4. The lowest BCUT2D eigenvalue weighted by Gasteiger charge is -2.18. The van der Waals surface area contributed by atoms with E-state index in [-0.39, 0.29) is 5.82 Å². The lowest BCUT2D eigenvalue weighted by Crippen LogP contribution is -2.18. The topological polar surface area (TPSA) is 42.7 Å². The van der Waals surface area contributed by atoms with Crippen molar-refractivity contribution in [3.8, 4) is 5.69 Å². The molecule has 0 saturated heterocycles. The van der Waals surface area contributed by atoms with Crippen LogP contribution in [0, 0.1) is 5.82 Å². The molecule has 0 fully saturated rings. The second-order valence-electron chi connectivity index (χ2n) is 4.54. The molecule has 1 atom stereocenters. The molecule has 102 valence electrons. The maximum atomic E-state index is 14.0. The van der Waals surface area contributed by atoms with Crippen molar-refractivity contribution in [1.82, 2.24) is 14.8 Å². The van der Waals surface area contributed by atoms with Crippen LogP contribution in [0.4, 0.5) is 10.1 Å². The first-order valence-corrected chi connectivity index (χ1v) is 6.65. The van der Waals surface area contributed by atoms with Crippen LogP contribution in [0.2, 0.25) is 0 Å². The van der Waals surface area contributed by atoms with Crippen molar-refractivity contribution >= 4 is 5.69 Å². The summed E-state index contributed by atoms with van der Waals surface area (Å²) in [5.41, 5.74) is 1.22. The SMILES string of the molecule is CCCC(CC)Nc1ccc(-n2cncn2)c(F)c1. The quantitative estimate of drug-likeness (QED) is 0.867. The summed E-state index contributed by atoms with van der Waals surface area (Å²) in [5, 5.41) is 7.29. The van der Waals surface area contributed by atoms with Gasteiger partial charge in [0, 0.05) is 11.7 Å². The number of nitrogens with zero attached hydrogens (tertiary/aromatic N) is 3. The highest BCUT2D eigenvalue weighted by Gasteiger charge is 2.09. The van der Waals surface area contributed by atoms with Crippen LogP contribution in [-0.4, -0.2) is 20.8 Å². The second kappa shape index (κ2) is 6.31. The molecule has 1 aromatic carbocycles. The minimum Gasteiger partial charge on any atom is -0.382 e. The van der Waals surface area contributed by atoms with Gasteiger partial charge in [-0.3, -0.25) is 0 Å². The van der Waals surface area contributed by atoms with E-state index in [2.05, 4.69) is 29.2 Å². The van der Waals surface area contributed by atoms with Gasteiger partial charge in [0.05, 0.1) is 0 Å². The monoisotopic (exact) mass is 262 g/mol. The normalized spacial score (nSPS) is 12.4. The molecule has 0 aliphatic rings. The van der Waals surface area contributed by atoms with Gasteiger partial charge in [0.1, 0.15) is 18.3 Å². The molecule has 0 amide bonds. The summed E-state index contributed by atoms with van der Waals surface area (Å²) in [5.74, 6) is -0.304. The number of halogens is 1. The number of aromatic nitrogens is 3. The molecule has 0 saturated carbocycles. The fourth-order valence-electron chi connectivity index (χ4n) is 2.08. The Kier molecular flexibility index (Phi) is 4.49. The lowest BCUT2D eigenvalue weighted by molar-refractivity contribution is 0.605. The first-order chi connectivity index (χ1) is 9.24. The van der Waals surface area contributed by atoms with Gasteiger partial charge >= 0.3 is 0 Å². The third-order valence-electron chi connectivity index (χ3n) is 3.11. The fraction of sp³-hybridized carbons (Fsp3) is 0.429. The molecule has 1 heterocycles. The van der Waals surface area contributed by atoms with Crippen LogP contribution < -0.4 is 5.32 Å². The van der Waals surface area contributed by atoms with E-state index in [1.807, 2.05) is 6.07 Å². The first kappa shape index (κ1) is 13.5. The van der Waals surface area contributed by atoms with E-state index in [9.17, 15) is 4.39 Å². The molecule has 0 aliphatic heterocycles. The molecule has 5 heteroatoms. The van der Waals surface area contributed by atoms with Crippen LogP contribution in [0.25, 0.3) is 5.69 Å². The van der Waals surface area contributed by atoms with Crippen LogP contribution in [0.15, 0.2) is 30.9 Å². The average molecular weight is 262 g/mol. The van der Waals surface area contributed by atoms with Crippen molar-refractivity contribution in [2.75, 3.05) is 5.32 Å². The Morgan fingerprint density at radius 3 is 2.79 bits per heavy atom. The van der Waals surface area contributed by atoms with Gasteiger partial charge in [-0.1, -0.05) is 20.3 Å². The average Bonchev–Trinajstić information content (AvgIpc) is 2.92. The number of nitrogens with one attached hydrogen (secondary N) is 1. The Bertz CT molecular complexity index is 510. The van der Waals surface area contributed by atoms with E-state index < -0.39 is 0 Å². The Morgan fingerprint density at radius 2 is 2.21 bits per heavy atom. The van der Waals surface area contributed by atoms with Gasteiger partial charge in [0.2, 0.25) is 0 Å². The maximum absolute atomic E-state index is 14.0. The van der Waals surface area contributed by atoms with Crippen molar-refractivity contribution in [3.05, 3.63) is 36.7 Å². The van der Waals surface area contributed by atoms with Gasteiger partial charge in [-0.2, -0.15) is 5.10 Å². The Morgan fingerprint density at radius 1 is 1.37 bits per heavy atom. The summed E-state index contributed by atoms with van der Waals surface area (Å²) in [4.78, 5) is 3.82. The van der Waals surface area contributed by atoms with E-state index in [0.717, 1.165) is 24.9 Å². The highest BCUT2D eigenvalue weighted by molar-refractivity contribution is 5.50. The summed E-state index contributed by atoms with van der Waals surface area (Å²) >= 11 is 0. The minimum absolute atomic E-state index is 0.304. The molecule has 1 N–H and O–H groups in total.